The Balaban J connectivity index is 1.49. The van der Waals surface area contributed by atoms with Crippen LogP contribution in [0.1, 0.15) is 105 Å². The van der Waals surface area contributed by atoms with Gasteiger partial charge in [0.1, 0.15) is 0 Å². The predicted octanol–water partition coefficient (Wildman–Crippen LogP) is 7.36. The van der Waals surface area contributed by atoms with Crippen LogP contribution in [0.4, 0.5) is 0 Å². The summed E-state index contributed by atoms with van der Waals surface area (Å²) in [7, 11) is 0. The summed E-state index contributed by atoms with van der Waals surface area (Å²) >= 11 is 0. The largest absolute Gasteiger partial charge is 0.327 e. The van der Waals surface area contributed by atoms with E-state index in [4.69, 9.17) is 5.73 Å². The highest BCUT2D eigenvalue weighted by molar-refractivity contribution is 5.25. The summed E-state index contributed by atoms with van der Waals surface area (Å²) in [6.07, 6.45) is 18.1. The number of nitrogens with two attached hydrogens (primary N) is 1. The lowest BCUT2D eigenvalue weighted by molar-refractivity contribution is -0.0508. The molecule has 3 saturated carbocycles. The number of allylic oxidation sites excluding steroid dienone is 1. The van der Waals surface area contributed by atoms with Gasteiger partial charge in [0.05, 0.1) is 0 Å². The standard InChI is InChI=1S/C27H47N/c1-18(2)7-6-8-19(3)23-11-12-24-22-10-9-20-17-21(28)13-15-26(20,4)25(22)14-16-27(23,24)5/h9,18-19,21-25H,6-8,10-17,28H2,1-5H3/t19?,21-,22-,23+,24-,25-,26-,27+/m0/s1. The highest BCUT2D eigenvalue weighted by atomic mass is 14.7. The lowest BCUT2D eigenvalue weighted by atomic mass is 9.47. The topological polar surface area (TPSA) is 26.0 Å². The van der Waals surface area contributed by atoms with Crippen molar-refractivity contribution in [3.05, 3.63) is 11.6 Å². The van der Waals surface area contributed by atoms with E-state index in [1.54, 1.807) is 5.57 Å². The van der Waals surface area contributed by atoms with Crippen molar-refractivity contribution in [3.63, 3.8) is 0 Å². The van der Waals surface area contributed by atoms with E-state index in [2.05, 4.69) is 40.7 Å². The van der Waals surface area contributed by atoms with Crippen molar-refractivity contribution in [2.24, 2.45) is 52.1 Å². The van der Waals surface area contributed by atoms with Crippen LogP contribution >= 0.6 is 0 Å². The molecule has 0 heterocycles. The van der Waals surface area contributed by atoms with Crippen LogP contribution in [0.15, 0.2) is 11.6 Å². The van der Waals surface area contributed by atoms with Gasteiger partial charge in [-0.15, -0.1) is 0 Å². The Labute approximate surface area is 175 Å². The van der Waals surface area contributed by atoms with Crippen LogP contribution in [0.5, 0.6) is 0 Å². The minimum atomic E-state index is 0.423. The van der Waals surface area contributed by atoms with Gasteiger partial charge in [0.2, 0.25) is 0 Å². The van der Waals surface area contributed by atoms with Crippen LogP contribution in [0.2, 0.25) is 0 Å². The summed E-state index contributed by atoms with van der Waals surface area (Å²) in [6.45, 7) is 12.7. The van der Waals surface area contributed by atoms with E-state index < -0.39 is 0 Å². The van der Waals surface area contributed by atoms with Gasteiger partial charge in [-0.2, -0.15) is 0 Å². The smallest absolute Gasteiger partial charge is 0.00766 e. The van der Waals surface area contributed by atoms with Gasteiger partial charge in [-0.25, -0.2) is 0 Å². The molecule has 0 aliphatic heterocycles. The van der Waals surface area contributed by atoms with E-state index >= 15 is 0 Å². The van der Waals surface area contributed by atoms with Gasteiger partial charge in [-0.1, -0.05) is 65.5 Å². The molecule has 0 saturated heterocycles. The maximum absolute atomic E-state index is 6.34. The Bertz CT molecular complexity index is 591. The first-order valence-corrected chi connectivity index (χ1v) is 12.7. The Morgan fingerprint density at radius 1 is 1.00 bits per heavy atom. The summed E-state index contributed by atoms with van der Waals surface area (Å²) < 4.78 is 0. The van der Waals surface area contributed by atoms with Gasteiger partial charge in [0.25, 0.3) is 0 Å². The summed E-state index contributed by atoms with van der Waals surface area (Å²) in [5, 5.41) is 0. The normalized spacial score (nSPS) is 46.5. The van der Waals surface area contributed by atoms with Crippen LogP contribution in [0, 0.1) is 46.3 Å². The molecule has 4 aliphatic rings. The van der Waals surface area contributed by atoms with E-state index in [0.29, 0.717) is 16.9 Å². The van der Waals surface area contributed by atoms with Gasteiger partial charge in [0, 0.05) is 6.04 Å². The molecule has 28 heavy (non-hydrogen) atoms. The summed E-state index contributed by atoms with van der Waals surface area (Å²) in [5.74, 6) is 5.63. The molecular formula is C27H47N. The Hall–Kier alpha value is -0.300. The van der Waals surface area contributed by atoms with Crippen molar-refractivity contribution < 1.29 is 0 Å². The Kier molecular flexibility index (Phi) is 5.80. The molecule has 4 rings (SSSR count). The maximum Gasteiger partial charge on any atom is 0.00766 e. The van der Waals surface area contributed by atoms with E-state index in [9.17, 15) is 0 Å². The number of rotatable bonds is 5. The van der Waals surface area contributed by atoms with Crippen molar-refractivity contribution in [2.45, 2.75) is 111 Å². The lowest BCUT2D eigenvalue weighted by Crippen LogP contribution is -2.51. The fraction of sp³-hybridized carbons (Fsp3) is 0.926. The lowest BCUT2D eigenvalue weighted by Gasteiger charge is -2.58. The van der Waals surface area contributed by atoms with E-state index in [1.165, 1.54) is 70.6 Å². The first kappa shape index (κ1) is 21.0. The number of fused-ring (bicyclic) bond motifs is 5. The molecule has 0 aromatic carbocycles. The summed E-state index contributed by atoms with van der Waals surface area (Å²) in [5.41, 5.74) is 9.18. The number of hydrogen-bond donors (Lipinski definition) is 1. The predicted molar refractivity (Wildman–Crippen MR) is 121 cm³/mol. The fourth-order valence-corrected chi connectivity index (χ4v) is 8.71. The first-order chi connectivity index (χ1) is 13.3. The molecule has 0 radical (unpaired) electrons. The third-order valence-corrected chi connectivity index (χ3v) is 10.3. The average Bonchev–Trinajstić information content (AvgIpc) is 2.99. The van der Waals surface area contributed by atoms with E-state index in [-0.39, 0.29) is 0 Å². The highest BCUT2D eigenvalue weighted by Crippen LogP contribution is 2.67. The first-order valence-electron chi connectivity index (χ1n) is 12.7. The molecule has 8 atom stereocenters. The molecule has 3 fully saturated rings. The molecule has 0 spiro atoms. The van der Waals surface area contributed by atoms with E-state index in [1.807, 2.05) is 0 Å². The minimum absolute atomic E-state index is 0.423. The van der Waals surface area contributed by atoms with Crippen LogP contribution in [0.25, 0.3) is 0 Å². The van der Waals surface area contributed by atoms with Crippen molar-refractivity contribution >= 4 is 0 Å². The minimum Gasteiger partial charge on any atom is -0.327 e. The zero-order valence-corrected chi connectivity index (χ0v) is 19.5. The average molecular weight is 386 g/mol. The third kappa shape index (κ3) is 3.42. The van der Waals surface area contributed by atoms with Gasteiger partial charge >= 0.3 is 0 Å². The quantitative estimate of drug-likeness (QED) is 0.492. The second-order valence-corrected chi connectivity index (χ2v) is 12.3. The molecule has 0 aromatic rings. The molecule has 0 aromatic heterocycles. The SMILES string of the molecule is CC(C)CCCC(C)[C@H]1CC[C@H]2[C@@H]3CC=C4C[C@@H](N)CC[C@]4(C)[C@H]3CC[C@]12C. The zero-order chi connectivity index (χ0) is 20.1. The molecule has 160 valence electrons. The molecule has 2 N–H and O–H groups in total. The molecule has 1 unspecified atom stereocenters. The van der Waals surface area contributed by atoms with Crippen molar-refractivity contribution in [3.8, 4) is 0 Å². The van der Waals surface area contributed by atoms with Crippen molar-refractivity contribution in [1.29, 1.82) is 0 Å². The zero-order valence-electron chi connectivity index (χ0n) is 19.5. The fourth-order valence-electron chi connectivity index (χ4n) is 8.71. The van der Waals surface area contributed by atoms with Crippen molar-refractivity contribution in [1.82, 2.24) is 0 Å². The van der Waals surface area contributed by atoms with Gasteiger partial charge in [-0.05, 0) is 97.7 Å². The monoisotopic (exact) mass is 385 g/mol. The number of hydrogen-bond acceptors (Lipinski definition) is 1. The second kappa shape index (κ2) is 7.75. The van der Waals surface area contributed by atoms with Crippen LogP contribution < -0.4 is 5.73 Å². The van der Waals surface area contributed by atoms with Gasteiger partial charge in [-0.3, -0.25) is 0 Å². The molecular weight excluding hydrogens is 338 g/mol. The summed E-state index contributed by atoms with van der Waals surface area (Å²) in [4.78, 5) is 0. The van der Waals surface area contributed by atoms with Crippen LogP contribution in [-0.2, 0) is 0 Å². The van der Waals surface area contributed by atoms with Gasteiger partial charge in [0.15, 0.2) is 0 Å². The Morgan fingerprint density at radius 2 is 1.79 bits per heavy atom. The van der Waals surface area contributed by atoms with E-state index in [0.717, 1.165) is 35.5 Å². The molecule has 4 aliphatic carbocycles. The molecule has 0 bridgehead atoms. The molecule has 0 amide bonds. The molecule has 1 nitrogen and oxygen atoms in total. The highest BCUT2D eigenvalue weighted by Gasteiger charge is 2.58. The van der Waals surface area contributed by atoms with Crippen molar-refractivity contribution in [2.75, 3.05) is 0 Å². The molecule has 1 heteroatoms. The summed E-state index contributed by atoms with van der Waals surface area (Å²) in [6, 6.07) is 0.423. The maximum atomic E-state index is 6.34. The van der Waals surface area contributed by atoms with Crippen LogP contribution in [-0.4, -0.2) is 6.04 Å². The third-order valence-electron chi connectivity index (χ3n) is 10.3. The Morgan fingerprint density at radius 3 is 2.54 bits per heavy atom. The van der Waals surface area contributed by atoms with Crippen LogP contribution in [0.3, 0.4) is 0 Å². The second-order valence-electron chi connectivity index (χ2n) is 12.3. The van der Waals surface area contributed by atoms with Gasteiger partial charge < -0.3 is 5.73 Å².